The number of hydrogen-bond donors (Lipinski definition) is 1. The van der Waals surface area contributed by atoms with Crippen LogP contribution < -0.4 is 0 Å². The topological polar surface area (TPSA) is 37.5 Å². The molecule has 3 heteroatoms. The monoisotopic (exact) mass is 226 g/mol. The van der Waals surface area contributed by atoms with Crippen LogP contribution >= 0.6 is 0 Å². The van der Waals surface area contributed by atoms with E-state index in [2.05, 4.69) is 28.4 Å². The largest absolute Gasteiger partial charge is 0.392 e. The number of benzene rings is 1. The average molecular weight is 226 g/mol. The normalized spacial score (nSPS) is 11.5. The summed E-state index contributed by atoms with van der Waals surface area (Å²) < 4.78 is 2.06. The van der Waals surface area contributed by atoms with Gasteiger partial charge in [0.1, 0.15) is 5.65 Å². The molecular formula is C14H14N2O. The van der Waals surface area contributed by atoms with Crippen LogP contribution in [0.5, 0.6) is 0 Å². The number of aryl methyl sites for hydroxylation is 2. The lowest BCUT2D eigenvalue weighted by Gasteiger charge is -2.09. The van der Waals surface area contributed by atoms with Gasteiger partial charge in [0, 0.05) is 17.1 Å². The Bertz CT molecular complexity index is 713. The van der Waals surface area contributed by atoms with Crippen molar-refractivity contribution in [3.8, 4) is 0 Å². The number of para-hydroxylation sites is 1. The van der Waals surface area contributed by atoms with E-state index in [1.54, 1.807) is 0 Å². The highest BCUT2D eigenvalue weighted by molar-refractivity contribution is 5.88. The molecule has 0 amide bonds. The lowest BCUT2D eigenvalue weighted by atomic mass is 10.1. The predicted molar refractivity (Wildman–Crippen MR) is 68.1 cm³/mol. The molecule has 0 bridgehead atoms. The van der Waals surface area contributed by atoms with E-state index in [1.807, 2.05) is 25.3 Å². The van der Waals surface area contributed by atoms with Crippen LogP contribution in [0.3, 0.4) is 0 Å². The molecule has 0 aliphatic rings. The number of rotatable bonds is 1. The number of imidazole rings is 1. The Hall–Kier alpha value is -1.87. The number of hydrogen-bond acceptors (Lipinski definition) is 2. The maximum absolute atomic E-state index is 9.46. The van der Waals surface area contributed by atoms with Crippen LogP contribution in [0.4, 0.5) is 0 Å². The first kappa shape index (κ1) is 10.3. The van der Waals surface area contributed by atoms with E-state index >= 15 is 0 Å². The summed E-state index contributed by atoms with van der Waals surface area (Å²) in [5.74, 6) is 0. The molecule has 86 valence electrons. The van der Waals surface area contributed by atoms with Crippen LogP contribution in [-0.2, 0) is 6.61 Å². The maximum Gasteiger partial charge on any atom is 0.137 e. The van der Waals surface area contributed by atoms with Gasteiger partial charge in [0.05, 0.1) is 17.8 Å². The fourth-order valence-corrected chi connectivity index (χ4v) is 2.39. The van der Waals surface area contributed by atoms with E-state index in [0.717, 1.165) is 22.4 Å². The predicted octanol–water partition coefficient (Wildman–Crippen LogP) is 2.60. The zero-order valence-corrected chi connectivity index (χ0v) is 9.94. The average Bonchev–Trinajstić information content (AvgIpc) is 2.69. The molecule has 0 fully saturated rings. The first-order valence-electron chi connectivity index (χ1n) is 5.68. The highest BCUT2D eigenvalue weighted by Crippen LogP contribution is 2.24. The SMILES string of the molecule is Cc1cn2c(cc(C)c3cccc(CO)c32)n1. The number of aromatic nitrogens is 2. The number of pyridine rings is 1. The summed E-state index contributed by atoms with van der Waals surface area (Å²) in [6.45, 7) is 4.11. The van der Waals surface area contributed by atoms with Gasteiger partial charge in [-0.05, 0) is 25.5 Å². The molecule has 0 aliphatic heterocycles. The number of nitrogens with zero attached hydrogens (tertiary/aromatic N) is 2. The zero-order valence-electron chi connectivity index (χ0n) is 9.94. The van der Waals surface area contributed by atoms with Crippen molar-refractivity contribution in [2.24, 2.45) is 0 Å². The molecule has 1 aromatic carbocycles. The summed E-state index contributed by atoms with van der Waals surface area (Å²) in [6, 6.07) is 8.10. The molecule has 17 heavy (non-hydrogen) atoms. The Balaban J connectivity index is 2.60. The van der Waals surface area contributed by atoms with Crippen molar-refractivity contribution in [3.05, 3.63) is 47.3 Å². The summed E-state index contributed by atoms with van der Waals surface area (Å²) in [7, 11) is 0. The van der Waals surface area contributed by atoms with Crippen LogP contribution in [0, 0.1) is 13.8 Å². The van der Waals surface area contributed by atoms with E-state index in [-0.39, 0.29) is 6.61 Å². The van der Waals surface area contributed by atoms with Gasteiger partial charge in [0.25, 0.3) is 0 Å². The molecular weight excluding hydrogens is 212 g/mol. The van der Waals surface area contributed by atoms with E-state index in [1.165, 1.54) is 10.9 Å². The van der Waals surface area contributed by atoms with Gasteiger partial charge in [-0.15, -0.1) is 0 Å². The van der Waals surface area contributed by atoms with Crippen molar-refractivity contribution in [2.75, 3.05) is 0 Å². The Labute approximate surface area is 99.3 Å². The zero-order chi connectivity index (χ0) is 12.0. The molecule has 3 rings (SSSR count). The van der Waals surface area contributed by atoms with Gasteiger partial charge in [0.2, 0.25) is 0 Å². The van der Waals surface area contributed by atoms with Crippen molar-refractivity contribution in [3.63, 3.8) is 0 Å². The summed E-state index contributed by atoms with van der Waals surface area (Å²) in [5, 5.41) is 10.6. The minimum atomic E-state index is 0.0487. The number of fused-ring (bicyclic) bond motifs is 3. The third-order valence-electron chi connectivity index (χ3n) is 3.15. The first-order valence-corrected chi connectivity index (χ1v) is 5.68. The van der Waals surface area contributed by atoms with Gasteiger partial charge in [0.15, 0.2) is 0 Å². The number of aliphatic hydroxyl groups excluding tert-OH is 1. The Kier molecular flexibility index (Phi) is 2.16. The van der Waals surface area contributed by atoms with Crippen molar-refractivity contribution in [2.45, 2.75) is 20.5 Å². The third kappa shape index (κ3) is 1.43. The van der Waals surface area contributed by atoms with Gasteiger partial charge >= 0.3 is 0 Å². The molecule has 1 N–H and O–H groups in total. The second-order valence-corrected chi connectivity index (χ2v) is 4.41. The highest BCUT2D eigenvalue weighted by Gasteiger charge is 2.09. The maximum atomic E-state index is 9.46. The van der Waals surface area contributed by atoms with Crippen LogP contribution in [0.2, 0.25) is 0 Å². The summed E-state index contributed by atoms with van der Waals surface area (Å²) in [4.78, 5) is 4.48. The molecule has 3 aromatic rings. The molecule has 0 saturated heterocycles. The number of aliphatic hydroxyl groups is 1. The van der Waals surface area contributed by atoms with Gasteiger partial charge in [-0.1, -0.05) is 18.2 Å². The Morgan fingerprint density at radius 3 is 2.88 bits per heavy atom. The van der Waals surface area contributed by atoms with Crippen molar-refractivity contribution in [1.29, 1.82) is 0 Å². The lowest BCUT2D eigenvalue weighted by molar-refractivity contribution is 0.283. The second-order valence-electron chi connectivity index (χ2n) is 4.41. The van der Waals surface area contributed by atoms with E-state index in [0.29, 0.717) is 0 Å². The summed E-state index contributed by atoms with van der Waals surface area (Å²) in [6.07, 6.45) is 2.01. The van der Waals surface area contributed by atoms with Gasteiger partial charge < -0.3 is 5.11 Å². The molecule has 0 saturated carbocycles. The van der Waals surface area contributed by atoms with E-state index < -0.39 is 0 Å². The van der Waals surface area contributed by atoms with Gasteiger partial charge in [-0.25, -0.2) is 4.98 Å². The minimum Gasteiger partial charge on any atom is -0.392 e. The molecule has 0 unspecified atom stereocenters. The fourth-order valence-electron chi connectivity index (χ4n) is 2.39. The van der Waals surface area contributed by atoms with E-state index in [4.69, 9.17) is 0 Å². The van der Waals surface area contributed by atoms with Crippen molar-refractivity contribution in [1.82, 2.24) is 9.38 Å². The van der Waals surface area contributed by atoms with Crippen LogP contribution in [0.15, 0.2) is 30.5 Å². The molecule has 0 atom stereocenters. The fraction of sp³-hybridized carbons (Fsp3) is 0.214. The molecule has 3 nitrogen and oxygen atoms in total. The van der Waals surface area contributed by atoms with Crippen LogP contribution in [0.25, 0.3) is 16.6 Å². The van der Waals surface area contributed by atoms with Crippen molar-refractivity contribution >= 4 is 16.6 Å². The van der Waals surface area contributed by atoms with Crippen molar-refractivity contribution < 1.29 is 5.11 Å². The third-order valence-corrected chi connectivity index (χ3v) is 3.15. The quantitative estimate of drug-likeness (QED) is 0.692. The molecule has 0 spiro atoms. The van der Waals surface area contributed by atoms with Gasteiger partial charge in [-0.3, -0.25) is 4.40 Å². The van der Waals surface area contributed by atoms with E-state index in [9.17, 15) is 5.11 Å². The Morgan fingerprint density at radius 2 is 2.12 bits per heavy atom. The molecule has 0 aliphatic carbocycles. The van der Waals surface area contributed by atoms with Crippen LogP contribution in [-0.4, -0.2) is 14.5 Å². The standard InChI is InChI=1S/C14H14N2O/c1-9-6-13-15-10(2)7-16(13)14-11(8-17)4-3-5-12(9)14/h3-7,17H,8H2,1-2H3. The Morgan fingerprint density at radius 1 is 1.29 bits per heavy atom. The summed E-state index contributed by atoms with van der Waals surface area (Å²) >= 11 is 0. The molecule has 2 heterocycles. The minimum absolute atomic E-state index is 0.0487. The summed E-state index contributed by atoms with van der Waals surface area (Å²) in [5.41, 5.74) is 5.12. The second kappa shape index (κ2) is 3.57. The lowest BCUT2D eigenvalue weighted by Crippen LogP contribution is -1.95. The molecule has 2 aromatic heterocycles. The highest BCUT2D eigenvalue weighted by atomic mass is 16.3. The molecule has 0 radical (unpaired) electrons. The first-order chi connectivity index (χ1) is 8.20. The van der Waals surface area contributed by atoms with Gasteiger partial charge in [-0.2, -0.15) is 0 Å². The van der Waals surface area contributed by atoms with Crippen LogP contribution in [0.1, 0.15) is 16.8 Å². The smallest absolute Gasteiger partial charge is 0.137 e.